The average Bonchev–Trinajstić information content (AvgIpc) is 1.56. The molecule has 0 aliphatic rings. The van der Waals surface area contributed by atoms with Gasteiger partial charge >= 0.3 is 0 Å². The summed E-state index contributed by atoms with van der Waals surface area (Å²) >= 11 is 0. The van der Waals surface area contributed by atoms with Crippen molar-refractivity contribution in [1.82, 2.24) is 0 Å². The SMILES string of the molecule is BC(C)(C)C(C)BC(C)(C)O. The lowest BCUT2D eigenvalue weighted by Gasteiger charge is -2.31. The van der Waals surface area contributed by atoms with Crippen molar-refractivity contribution in [3.63, 3.8) is 0 Å². The van der Waals surface area contributed by atoms with Crippen LogP contribution in [0.3, 0.4) is 0 Å². The van der Waals surface area contributed by atoms with Crippen molar-refractivity contribution in [2.75, 3.05) is 0 Å². The average molecular weight is 154 g/mol. The van der Waals surface area contributed by atoms with Gasteiger partial charge in [0.25, 0.3) is 0 Å². The van der Waals surface area contributed by atoms with Gasteiger partial charge in [-0.25, -0.2) is 0 Å². The molecular weight excluding hydrogens is 134 g/mol. The summed E-state index contributed by atoms with van der Waals surface area (Å²) in [5, 5.41) is 9.86. The third-order valence-electron chi connectivity index (χ3n) is 2.28. The van der Waals surface area contributed by atoms with Gasteiger partial charge in [0.05, 0.1) is 0 Å². The maximum absolute atomic E-state index is 9.55. The number of hydrogen-bond donors (Lipinski definition) is 1. The zero-order chi connectivity index (χ0) is 9.28. The van der Waals surface area contributed by atoms with E-state index in [1.165, 1.54) is 0 Å². The Bertz CT molecular complexity index is 121. The van der Waals surface area contributed by atoms with E-state index in [2.05, 4.69) is 28.6 Å². The summed E-state index contributed by atoms with van der Waals surface area (Å²) in [6.07, 6.45) is 0. The molecule has 0 heterocycles. The van der Waals surface area contributed by atoms with Crippen LogP contribution in [0.2, 0.25) is 11.1 Å². The molecule has 3 heteroatoms. The maximum atomic E-state index is 9.55. The number of hydrogen-bond acceptors (Lipinski definition) is 1. The van der Waals surface area contributed by atoms with E-state index < -0.39 is 5.50 Å². The molecule has 0 aromatic heterocycles. The Labute approximate surface area is 72.2 Å². The fraction of sp³-hybridized carbons (Fsp3) is 1.00. The van der Waals surface area contributed by atoms with Crippen molar-refractivity contribution in [2.24, 2.45) is 0 Å². The van der Waals surface area contributed by atoms with Crippen LogP contribution in [-0.4, -0.2) is 25.7 Å². The summed E-state index contributed by atoms with van der Waals surface area (Å²) in [5.74, 6) is 0.558. The monoisotopic (exact) mass is 154 g/mol. The summed E-state index contributed by atoms with van der Waals surface area (Å²) in [5.41, 5.74) is -0.521. The van der Waals surface area contributed by atoms with Gasteiger partial charge in [-0.1, -0.05) is 31.9 Å². The molecule has 1 nitrogen and oxygen atoms in total. The molecule has 0 aromatic carbocycles. The highest BCUT2D eigenvalue weighted by atomic mass is 16.3. The van der Waals surface area contributed by atoms with E-state index in [0.717, 1.165) is 7.28 Å². The molecule has 11 heavy (non-hydrogen) atoms. The predicted molar refractivity (Wildman–Crippen MR) is 55.5 cm³/mol. The van der Waals surface area contributed by atoms with Crippen LogP contribution in [0.15, 0.2) is 0 Å². The first-order chi connectivity index (χ1) is 4.63. The van der Waals surface area contributed by atoms with Crippen LogP contribution < -0.4 is 0 Å². The Kier molecular flexibility index (Phi) is 3.25. The van der Waals surface area contributed by atoms with Crippen LogP contribution in [0.1, 0.15) is 34.6 Å². The van der Waals surface area contributed by atoms with Crippen molar-refractivity contribution in [1.29, 1.82) is 0 Å². The lowest BCUT2D eigenvalue weighted by Crippen LogP contribution is -2.33. The Morgan fingerprint density at radius 2 is 1.64 bits per heavy atom. The quantitative estimate of drug-likeness (QED) is 0.595. The van der Waals surface area contributed by atoms with Crippen LogP contribution >= 0.6 is 0 Å². The Morgan fingerprint density at radius 3 is 1.73 bits per heavy atom. The Hall–Kier alpha value is 0.0899. The molecule has 0 radical (unpaired) electrons. The molecule has 0 bridgehead atoms. The van der Waals surface area contributed by atoms with Crippen LogP contribution in [0.25, 0.3) is 0 Å². The van der Waals surface area contributed by atoms with Crippen molar-refractivity contribution >= 4 is 15.1 Å². The Morgan fingerprint density at radius 1 is 1.27 bits per heavy atom. The smallest absolute Gasteiger partial charge is 0.163 e. The van der Waals surface area contributed by atoms with Crippen LogP contribution in [0.4, 0.5) is 0 Å². The fourth-order valence-corrected chi connectivity index (χ4v) is 1.06. The minimum atomic E-state index is -0.521. The molecule has 0 aliphatic carbocycles. The molecule has 0 saturated carbocycles. The largest absolute Gasteiger partial charge is 0.399 e. The number of rotatable bonds is 3. The van der Waals surface area contributed by atoms with Gasteiger partial charge < -0.3 is 5.11 Å². The molecule has 0 aromatic rings. The van der Waals surface area contributed by atoms with E-state index >= 15 is 0 Å². The first kappa shape index (κ1) is 11.1. The van der Waals surface area contributed by atoms with Crippen molar-refractivity contribution in [2.45, 2.75) is 51.3 Å². The first-order valence-corrected chi connectivity index (χ1v) is 4.35. The zero-order valence-corrected chi connectivity index (χ0v) is 8.73. The molecule has 0 spiro atoms. The van der Waals surface area contributed by atoms with Crippen LogP contribution in [0.5, 0.6) is 0 Å². The highest BCUT2D eigenvalue weighted by Crippen LogP contribution is 2.35. The second-order valence-electron chi connectivity index (χ2n) is 5.28. The van der Waals surface area contributed by atoms with Gasteiger partial charge in [0.15, 0.2) is 7.28 Å². The molecule has 0 amide bonds. The van der Waals surface area contributed by atoms with Gasteiger partial charge in [-0.2, -0.15) is 0 Å². The van der Waals surface area contributed by atoms with Crippen LogP contribution in [0, 0.1) is 0 Å². The van der Waals surface area contributed by atoms with Crippen LogP contribution in [-0.2, 0) is 0 Å². The second-order valence-corrected chi connectivity index (χ2v) is 5.28. The standard InChI is InChI=1S/C8H20B2O/c1-6(7(2,3)9)10-8(4,5)11/h6,10-11H,9H2,1-5H3. The summed E-state index contributed by atoms with van der Waals surface area (Å²) in [4.78, 5) is 0. The van der Waals surface area contributed by atoms with E-state index in [9.17, 15) is 5.11 Å². The zero-order valence-electron chi connectivity index (χ0n) is 8.73. The van der Waals surface area contributed by atoms with Gasteiger partial charge in [0, 0.05) is 5.50 Å². The third kappa shape index (κ3) is 5.37. The van der Waals surface area contributed by atoms with E-state index in [4.69, 9.17) is 0 Å². The summed E-state index contributed by atoms with van der Waals surface area (Å²) in [6.45, 7) is 10.4. The topological polar surface area (TPSA) is 20.2 Å². The van der Waals surface area contributed by atoms with E-state index in [0.29, 0.717) is 11.1 Å². The molecule has 0 aliphatic heterocycles. The third-order valence-corrected chi connectivity index (χ3v) is 2.28. The Balaban J connectivity index is 3.99. The summed E-state index contributed by atoms with van der Waals surface area (Å²) in [6, 6.07) is 0. The van der Waals surface area contributed by atoms with Gasteiger partial charge in [0.1, 0.15) is 7.85 Å². The van der Waals surface area contributed by atoms with Crippen molar-refractivity contribution in [3.05, 3.63) is 0 Å². The molecule has 1 N–H and O–H groups in total. The molecule has 1 unspecified atom stereocenters. The van der Waals surface area contributed by atoms with Gasteiger partial charge in [-0.3, -0.25) is 0 Å². The van der Waals surface area contributed by atoms with E-state index in [1.807, 2.05) is 13.8 Å². The molecule has 0 fully saturated rings. The first-order valence-electron chi connectivity index (χ1n) is 4.35. The van der Waals surface area contributed by atoms with Gasteiger partial charge in [0.2, 0.25) is 0 Å². The molecule has 1 atom stereocenters. The van der Waals surface area contributed by atoms with E-state index in [1.54, 1.807) is 0 Å². The minimum absolute atomic E-state index is 0.306. The van der Waals surface area contributed by atoms with Crippen molar-refractivity contribution < 1.29 is 5.11 Å². The lowest BCUT2D eigenvalue weighted by atomic mass is 9.43. The highest BCUT2D eigenvalue weighted by molar-refractivity contribution is 6.43. The second kappa shape index (κ2) is 3.22. The number of aliphatic hydroxyl groups is 1. The fourth-order valence-electron chi connectivity index (χ4n) is 1.06. The highest BCUT2D eigenvalue weighted by Gasteiger charge is 2.27. The molecule has 64 valence electrons. The lowest BCUT2D eigenvalue weighted by molar-refractivity contribution is 0.163. The summed E-state index contributed by atoms with van der Waals surface area (Å²) in [7, 11) is 3.08. The molecular formula is C8H20B2O. The normalized spacial score (nSPS) is 16.2. The predicted octanol–water partition coefficient (Wildman–Crippen LogP) is 0.791. The maximum Gasteiger partial charge on any atom is 0.163 e. The van der Waals surface area contributed by atoms with Crippen molar-refractivity contribution in [3.8, 4) is 0 Å². The molecule has 0 saturated heterocycles. The van der Waals surface area contributed by atoms with Gasteiger partial charge in [-0.15, -0.1) is 0 Å². The van der Waals surface area contributed by atoms with Gasteiger partial charge in [-0.05, 0) is 13.8 Å². The minimum Gasteiger partial charge on any atom is -0.399 e. The summed E-state index contributed by atoms with van der Waals surface area (Å²) < 4.78 is 0. The van der Waals surface area contributed by atoms with E-state index in [-0.39, 0.29) is 0 Å². The molecule has 0 rings (SSSR count).